The van der Waals surface area contributed by atoms with E-state index in [9.17, 15) is 5.11 Å². The van der Waals surface area contributed by atoms with Gasteiger partial charge in [-0.1, -0.05) is 32.0 Å². The number of rotatable bonds is 13. The average molecular weight is 403 g/mol. The maximum absolute atomic E-state index is 10.3. The van der Waals surface area contributed by atoms with E-state index >= 15 is 0 Å². The van der Waals surface area contributed by atoms with Gasteiger partial charge in [0.2, 0.25) is 0 Å². The Morgan fingerprint density at radius 1 is 0.897 bits per heavy atom. The Kier molecular flexibility index (Phi) is 9.77. The highest BCUT2D eigenvalue weighted by molar-refractivity contribution is 5.43. The first-order chi connectivity index (χ1) is 14.1. The molecule has 29 heavy (non-hydrogen) atoms. The third-order valence-electron chi connectivity index (χ3n) is 4.84. The molecule has 2 rings (SSSR count). The molecule has 0 aliphatic heterocycles. The molecule has 6 heteroatoms. The first kappa shape index (κ1) is 23.0. The summed E-state index contributed by atoms with van der Waals surface area (Å²) in [5.41, 5.74) is 2.28. The van der Waals surface area contributed by atoms with Crippen molar-refractivity contribution in [3.63, 3.8) is 0 Å². The minimum Gasteiger partial charge on any atom is -0.497 e. The van der Waals surface area contributed by atoms with Gasteiger partial charge in [0.25, 0.3) is 0 Å². The fourth-order valence-corrected chi connectivity index (χ4v) is 3.06. The van der Waals surface area contributed by atoms with Gasteiger partial charge in [0.15, 0.2) is 11.5 Å². The van der Waals surface area contributed by atoms with Gasteiger partial charge in [0, 0.05) is 19.6 Å². The van der Waals surface area contributed by atoms with E-state index in [1.165, 1.54) is 5.56 Å². The van der Waals surface area contributed by atoms with Crippen molar-refractivity contribution in [2.24, 2.45) is 0 Å². The molecular formula is C23H34N2O4. The lowest BCUT2D eigenvalue weighted by Crippen LogP contribution is -2.35. The second kappa shape index (κ2) is 12.3. The quantitative estimate of drug-likeness (QED) is 0.537. The van der Waals surface area contributed by atoms with E-state index in [0.717, 1.165) is 30.9 Å². The molecule has 0 spiro atoms. The summed E-state index contributed by atoms with van der Waals surface area (Å²) in [5.74, 6) is 2.17. The van der Waals surface area contributed by atoms with Gasteiger partial charge in [0.05, 0.1) is 14.2 Å². The van der Waals surface area contributed by atoms with Gasteiger partial charge in [-0.05, 0) is 48.5 Å². The molecule has 0 bridgehead atoms. The SMILES string of the molecule is CCN(CC)C[C@@H](O)COc1cc(CNCc2ccc(OC)cc2)ccc1OC. The molecule has 0 radical (unpaired) electrons. The number of hydrogen-bond donors (Lipinski definition) is 2. The summed E-state index contributed by atoms with van der Waals surface area (Å²) in [6, 6.07) is 13.9. The van der Waals surface area contributed by atoms with Crippen molar-refractivity contribution >= 4 is 0 Å². The van der Waals surface area contributed by atoms with E-state index in [-0.39, 0.29) is 6.61 Å². The zero-order chi connectivity index (χ0) is 21.1. The Labute approximate surface area is 174 Å². The molecule has 0 heterocycles. The van der Waals surface area contributed by atoms with Crippen molar-refractivity contribution in [3.05, 3.63) is 53.6 Å². The van der Waals surface area contributed by atoms with Crippen LogP contribution in [0.15, 0.2) is 42.5 Å². The summed E-state index contributed by atoms with van der Waals surface area (Å²) in [6.07, 6.45) is -0.545. The maximum atomic E-state index is 10.3. The van der Waals surface area contributed by atoms with Crippen molar-refractivity contribution in [2.75, 3.05) is 40.5 Å². The van der Waals surface area contributed by atoms with Crippen LogP contribution in [0.5, 0.6) is 17.2 Å². The fourth-order valence-electron chi connectivity index (χ4n) is 3.06. The highest BCUT2D eigenvalue weighted by atomic mass is 16.5. The Balaban J connectivity index is 1.89. The second-order valence-corrected chi connectivity index (χ2v) is 6.89. The molecule has 1 atom stereocenters. The number of benzene rings is 2. The first-order valence-electron chi connectivity index (χ1n) is 10.1. The molecule has 0 saturated heterocycles. The molecule has 0 aliphatic carbocycles. The van der Waals surface area contributed by atoms with E-state index < -0.39 is 6.10 Å². The predicted octanol–water partition coefficient (Wildman–Crippen LogP) is 3.08. The highest BCUT2D eigenvalue weighted by Gasteiger charge is 2.12. The number of ether oxygens (including phenoxy) is 3. The van der Waals surface area contributed by atoms with Gasteiger partial charge in [-0.3, -0.25) is 0 Å². The van der Waals surface area contributed by atoms with Gasteiger partial charge in [0.1, 0.15) is 18.5 Å². The van der Waals surface area contributed by atoms with Gasteiger partial charge in [-0.25, -0.2) is 0 Å². The molecule has 0 saturated carbocycles. The van der Waals surface area contributed by atoms with Crippen LogP contribution in [0.25, 0.3) is 0 Å². The Morgan fingerprint density at radius 3 is 2.17 bits per heavy atom. The average Bonchev–Trinajstić information content (AvgIpc) is 2.76. The van der Waals surface area contributed by atoms with Crippen molar-refractivity contribution in [3.8, 4) is 17.2 Å². The third-order valence-corrected chi connectivity index (χ3v) is 4.84. The first-order valence-corrected chi connectivity index (χ1v) is 10.1. The van der Waals surface area contributed by atoms with Crippen molar-refractivity contribution < 1.29 is 19.3 Å². The van der Waals surface area contributed by atoms with Crippen LogP contribution in [-0.2, 0) is 13.1 Å². The summed E-state index contributed by atoms with van der Waals surface area (Å²) < 4.78 is 16.5. The van der Waals surface area contributed by atoms with Crippen molar-refractivity contribution in [1.29, 1.82) is 0 Å². The van der Waals surface area contributed by atoms with E-state index in [4.69, 9.17) is 14.2 Å². The number of nitrogens with zero attached hydrogens (tertiary/aromatic N) is 1. The van der Waals surface area contributed by atoms with Gasteiger partial charge in [-0.2, -0.15) is 0 Å². The minimum absolute atomic E-state index is 0.232. The highest BCUT2D eigenvalue weighted by Crippen LogP contribution is 2.28. The van der Waals surface area contributed by atoms with E-state index in [2.05, 4.69) is 24.1 Å². The van der Waals surface area contributed by atoms with Crippen LogP contribution in [0.3, 0.4) is 0 Å². The molecule has 0 aliphatic rings. The van der Waals surface area contributed by atoms with E-state index in [1.54, 1.807) is 14.2 Å². The number of aliphatic hydroxyl groups is 1. The molecule has 160 valence electrons. The zero-order valence-corrected chi connectivity index (χ0v) is 18.0. The smallest absolute Gasteiger partial charge is 0.161 e. The van der Waals surface area contributed by atoms with Gasteiger partial charge >= 0.3 is 0 Å². The van der Waals surface area contributed by atoms with Gasteiger partial charge in [-0.15, -0.1) is 0 Å². The van der Waals surface area contributed by atoms with Crippen LogP contribution in [-0.4, -0.2) is 56.6 Å². The Morgan fingerprint density at radius 2 is 1.55 bits per heavy atom. The minimum atomic E-state index is -0.545. The van der Waals surface area contributed by atoms with Crippen LogP contribution in [0.1, 0.15) is 25.0 Å². The lowest BCUT2D eigenvalue weighted by atomic mass is 10.1. The number of hydrogen-bond acceptors (Lipinski definition) is 6. The number of aliphatic hydroxyl groups excluding tert-OH is 1. The number of methoxy groups -OCH3 is 2. The molecule has 6 nitrogen and oxygen atoms in total. The summed E-state index contributed by atoms with van der Waals surface area (Å²) in [7, 11) is 3.29. The molecule has 0 fully saturated rings. The summed E-state index contributed by atoms with van der Waals surface area (Å²) in [6.45, 7) is 8.28. The number of likely N-dealkylation sites (N-methyl/N-ethyl adjacent to an activating group) is 1. The third kappa shape index (κ3) is 7.57. The lowest BCUT2D eigenvalue weighted by molar-refractivity contribution is 0.0705. The summed E-state index contributed by atoms with van der Waals surface area (Å²) in [4.78, 5) is 2.17. The summed E-state index contributed by atoms with van der Waals surface area (Å²) in [5, 5.41) is 13.7. The largest absolute Gasteiger partial charge is 0.497 e. The maximum Gasteiger partial charge on any atom is 0.161 e. The Bertz CT molecular complexity index is 717. The molecule has 0 amide bonds. The topological polar surface area (TPSA) is 63.2 Å². The normalized spacial score (nSPS) is 12.1. The van der Waals surface area contributed by atoms with Crippen LogP contribution in [0, 0.1) is 0 Å². The van der Waals surface area contributed by atoms with Crippen LogP contribution >= 0.6 is 0 Å². The lowest BCUT2D eigenvalue weighted by Gasteiger charge is -2.22. The van der Waals surface area contributed by atoms with Crippen LogP contribution < -0.4 is 19.5 Å². The fraction of sp³-hybridized carbons (Fsp3) is 0.478. The molecule has 2 aromatic rings. The predicted molar refractivity (Wildman–Crippen MR) is 116 cm³/mol. The molecule has 2 aromatic carbocycles. The molecular weight excluding hydrogens is 368 g/mol. The molecule has 0 aromatic heterocycles. The monoisotopic (exact) mass is 402 g/mol. The Hall–Kier alpha value is -2.28. The number of nitrogens with one attached hydrogen (secondary N) is 1. The van der Waals surface area contributed by atoms with Crippen LogP contribution in [0.2, 0.25) is 0 Å². The van der Waals surface area contributed by atoms with E-state index in [1.807, 2.05) is 42.5 Å². The molecule has 2 N–H and O–H groups in total. The van der Waals surface area contributed by atoms with E-state index in [0.29, 0.717) is 24.6 Å². The van der Waals surface area contributed by atoms with Crippen molar-refractivity contribution in [1.82, 2.24) is 10.2 Å². The second-order valence-electron chi connectivity index (χ2n) is 6.89. The standard InChI is InChI=1S/C23H34N2O4/c1-5-25(6-2)16-20(26)17-29-23-13-19(9-12-22(23)28-4)15-24-14-18-7-10-21(27-3)11-8-18/h7-13,20,24,26H,5-6,14-17H2,1-4H3/t20-/m1/s1. The zero-order valence-electron chi connectivity index (χ0n) is 18.0. The van der Waals surface area contributed by atoms with Gasteiger partial charge < -0.3 is 29.5 Å². The molecule has 0 unspecified atom stereocenters. The van der Waals surface area contributed by atoms with Crippen LogP contribution in [0.4, 0.5) is 0 Å². The van der Waals surface area contributed by atoms with Crippen molar-refractivity contribution in [2.45, 2.75) is 33.0 Å². The summed E-state index contributed by atoms with van der Waals surface area (Å²) >= 11 is 0.